The Hall–Kier alpha value is -3.88. The lowest BCUT2D eigenvalue weighted by Gasteiger charge is -2.14. The fourth-order valence-corrected chi connectivity index (χ4v) is 3.01. The predicted molar refractivity (Wildman–Crippen MR) is 114 cm³/mol. The van der Waals surface area contributed by atoms with Gasteiger partial charge >= 0.3 is 6.18 Å². The van der Waals surface area contributed by atoms with Gasteiger partial charge in [0.1, 0.15) is 12.3 Å². The van der Waals surface area contributed by atoms with Gasteiger partial charge < -0.3 is 14.7 Å². The number of alkyl halides is 3. The second kappa shape index (κ2) is 9.51. The summed E-state index contributed by atoms with van der Waals surface area (Å²) < 4.78 is 43.9. The highest BCUT2D eigenvalue weighted by atomic mass is 19.4. The fraction of sp³-hybridized carbons (Fsp3) is 0.174. The van der Waals surface area contributed by atoms with Gasteiger partial charge in [-0.2, -0.15) is 13.2 Å². The Morgan fingerprint density at radius 1 is 1.03 bits per heavy atom. The summed E-state index contributed by atoms with van der Waals surface area (Å²) >= 11 is 0. The number of ether oxygens (including phenoxy) is 1. The summed E-state index contributed by atoms with van der Waals surface area (Å²) in [5.74, 6) is 0.0194. The summed E-state index contributed by atoms with van der Waals surface area (Å²) in [5, 5.41) is 17.1. The maximum atomic E-state index is 12.9. The van der Waals surface area contributed by atoms with Crippen LogP contribution >= 0.6 is 0 Å². The van der Waals surface area contributed by atoms with Crippen LogP contribution < -0.4 is 4.74 Å². The van der Waals surface area contributed by atoms with Gasteiger partial charge in [-0.3, -0.25) is 0 Å². The van der Waals surface area contributed by atoms with Crippen molar-refractivity contribution in [2.24, 2.45) is 10.3 Å². The Balaban J connectivity index is 1.91. The van der Waals surface area contributed by atoms with Gasteiger partial charge in [-0.25, -0.2) is 0 Å². The molecule has 0 saturated heterocycles. The summed E-state index contributed by atoms with van der Waals surface area (Å²) in [7, 11) is 1.38. The minimum absolute atomic E-state index is 0.119. The van der Waals surface area contributed by atoms with Crippen LogP contribution in [0.5, 0.6) is 11.5 Å². The quantitative estimate of drug-likeness (QED) is 0.259. The van der Waals surface area contributed by atoms with Gasteiger partial charge in [0.25, 0.3) is 0 Å². The second-order valence-electron chi connectivity index (χ2n) is 6.85. The summed E-state index contributed by atoms with van der Waals surface area (Å²) in [5.41, 5.74) is 2.14. The van der Waals surface area contributed by atoms with E-state index in [0.29, 0.717) is 28.1 Å². The van der Waals surface area contributed by atoms with Crippen LogP contribution in [-0.2, 0) is 17.6 Å². The number of phenolic OH excluding ortho intramolecular Hbond substituents is 1. The minimum atomic E-state index is -4.45. The van der Waals surface area contributed by atoms with E-state index < -0.39 is 11.7 Å². The van der Waals surface area contributed by atoms with Crippen LogP contribution in [0.1, 0.15) is 23.6 Å². The average molecular weight is 444 g/mol. The normalized spacial score (nSPS) is 11.8. The number of aromatic hydroxyl groups is 1. The number of methoxy groups -OCH3 is 1. The Morgan fingerprint density at radius 2 is 1.69 bits per heavy atom. The van der Waals surface area contributed by atoms with Crippen LogP contribution in [0.4, 0.5) is 18.9 Å². The first kappa shape index (κ1) is 22.8. The lowest BCUT2D eigenvalue weighted by molar-refractivity contribution is -0.137. The lowest BCUT2D eigenvalue weighted by atomic mass is 9.95. The SMILES string of the molecule is COc1cc(-c2ccc(C(F)(F)F)cc2)c(/C(C)=N/OCc2ccc(N=O)cc2)cc1O. The predicted octanol–water partition coefficient (Wildman–Crippen LogP) is 6.43. The molecule has 0 bridgehead atoms. The number of hydrogen-bond acceptors (Lipinski definition) is 6. The molecule has 9 heteroatoms. The monoisotopic (exact) mass is 444 g/mol. The summed E-state index contributed by atoms with van der Waals surface area (Å²) in [6.07, 6.45) is -4.45. The van der Waals surface area contributed by atoms with Gasteiger partial charge in [0, 0.05) is 5.56 Å². The molecule has 3 aromatic rings. The molecule has 0 atom stereocenters. The number of rotatable bonds is 7. The van der Waals surface area contributed by atoms with Crippen LogP contribution in [0.3, 0.4) is 0 Å². The first-order valence-corrected chi connectivity index (χ1v) is 9.40. The van der Waals surface area contributed by atoms with Crippen LogP contribution in [0.25, 0.3) is 11.1 Å². The van der Waals surface area contributed by atoms with Crippen molar-refractivity contribution in [2.45, 2.75) is 19.7 Å². The van der Waals surface area contributed by atoms with Crippen molar-refractivity contribution >= 4 is 11.4 Å². The molecule has 0 aliphatic carbocycles. The number of nitrogens with zero attached hydrogens (tertiary/aromatic N) is 2. The van der Waals surface area contributed by atoms with Crippen molar-refractivity contribution in [3.63, 3.8) is 0 Å². The molecule has 0 saturated carbocycles. The van der Waals surface area contributed by atoms with E-state index >= 15 is 0 Å². The van der Waals surface area contributed by atoms with Crippen molar-refractivity contribution in [2.75, 3.05) is 7.11 Å². The molecule has 0 aliphatic rings. The van der Waals surface area contributed by atoms with E-state index in [1.54, 1.807) is 31.2 Å². The third-order valence-corrected chi connectivity index (χ3v) is 4.71. The molecule has 1 N–H and O–H groups in total. The zero-order chi connectivity index (χ0) is 23.3. The molecule has 0 aromatic heterocycles. The highest BCUT2D eigenvalue weighted by Gasteiger charge is 2.30. The summed E-state index contributed by atoms with van der Waals surface area (Å²) in [6, 6.07) is 14.0. The van der Waals surface area contributed by atoms with E-state index in [0.717, 1.165) is 17.7 Å². The Morgan fingerprint density at radius 3 is 2.25 bits per heavy atom. The molecule has 6 nitrogen and oxygen atoms in total. The van der Waals surface area contributed by atoms with Crippen LogP contribution in [0.2, 0.25) is 0 Å². The number of oxime groups is 1. The van der Waals surface area contributed by atoms with Crippen molar-refractivity contribution < 1.29 is 27.9 Å². The van der Waals surface area contributed by atoms with E-state index in [2.05, 4.69) is 10.3 Å². The maximum absolute atomic E-state index is 12.9. The summed E-state index contributed by atoms with van der Waals surface area (Å²) in [6.45, 7) is 1.77. The molecular weight excluding hydrogens is 425 g/mol. The van der Waals surface area contributed by atoms with Crippen molar-refractivity contribution in [3.05, 3.63) is 82.3 Å². The zero-order valence-electron chi connectivity index (χ0n) is 17.2. The van der Waals surface area contributed by atoms with Gasteiger partial charge in [-0.05, 0) is 65.2 Å². The van der Waals surface area contributed by atoms with Crippen molar-refractivity contribution in [1.29, 1.82) is 0 Å². The van der Waals surface area contributed by atoms with Crippen LogP contribution in [0.15, 0.2) is 71.0 Å². The molecular formula is C23H19F3N2O4. The van der Waals surface area contributed by atoms with Gasteiger partial charge in [-0.1, -0.05) is 29.4 Å². The Kier molecular flexibility index (Phi) is 6.77. The topological polar surface area (TPSA) is 80.5 Å². The maximum Gasteiger partial charge on any atom is 0.416 e. The third-order valence-electron chi connectivity index (χ3n) is 4.71. The number of benzene rings is 3. The first-order chi connectivity index (χ1) is 15.2. The first-order valence-electron chi connectivity index (χ1n) is 9.40. The third kappa shape index (κ3) is 5.23. The van der Waals surface area contributed by atoms with E-state index in [9.17, 15) is 23.2 Å². The number of halogens is 3. The van der Waals surface area contributed by atoms with Gasteiger partial charge in [-0.15, -0.1) is 4.91 Å². The zero-order valence-corrected chi connectivity index (χ0v) is 17.2. The molecule has 0 unspecified atom stereocenters. The number of hydrogen-bond donors (Lipinski definition) is 1. The smallest absolute Gasteiger partial charge is 0.416 e. The van der Waals surface area contributed by atoms with Gasteiger partial charge in [0.2, 0.25) is 0 Å². The summed E-state index contributed by atoms with van der Waals surface area (Å²) in [4.78, 5) is 15.9. The highest BCUT2D eigenvalue weighted by Crippen LogP contribution is 2.37. The molecule has 3 rings (SSSR count). The molecule has 0 aliphatic heterocycles. The van der Waals surface area contributed by atoms with Crippen molar-refractivity contribution in [1.82, 2.24) is 0 Å². The molecule has 166 valence electrons. The molecule has 0 spiro atoms. The minimum Gasteiger partial charge on any atom is -0.504 e. The van der Waals surface area contributed by atoms with E-state index in [1.165, 1.54) is 31.4 Å². The van der Waals surface area contributed by atoms with E-state index in [-0.39, 0.29) is 18.1 Å². The van der Waals surface area contributed by atoms with Crippen molar-refractivity contribution in [3.8, 4) is 22.6 Å². The van der Waals surface area contributed by atoms with E-state index in [4.69, 9.17) is 9.57 Å². The molecule has 32 heavy (non-hydrogen) atoms. The van der Waals surface area contributed by atoms with Gasteiger partial charge in [0.15, 0.2) is 11.5 Å². The van der Waals surface area contributed by atoms with E-state index in [1.807, 2.05) is 0 Å². The fourth-order valence-electron chi connectivity index (χ4n) is 3.01. The molecule has 0 heterocycles. The van der Waals surface area contributed by atoms with Gasteiger partial charge in [0.05, 0.1) is 18.4 Å². The lowest BCUT2D eigenvalue weighted by Crippen LogP contribution is -2.05. The Bertz CT molecular complexity index is 1130. The second-order valence-corrected chi connectivity index (χ2v) is 6.85. The van der Waals surface area contributed by atoms with Crippen LogP contribution in [-0.4, -0.2) is 17.9 Å². The standard InChI is InChI=1S/C23H19F3N2O4/c1-14(28-32-13-15-3-9-18(27-30)10-4-15)19-11-21(29)22(31-2)12-20(19)16-5-7-17(8-6-16)23(24,25)26/h3-12,29H,13H2,1-2H3/b28-14+. The Labute approximate surface area is 181 Å². The molecule has 0 fully saturated rings. The number of phenols is 1. The average Bonchev–Trinajstić information content (AvgIpc) is 2.78. The number of nitroso groups, excluding NO2 is 1. The molecule has 3 aromatic carbocycles. The largest absolute Gasteiger partial charge is 0.504 e. The molecule has 0 amide bonds. The highest BCUT2D eigenvalue weighted by molar-refractivity contribution is 6.05. The molecule has 0 radical (unpaired) electrons. The van der Waals surface area contributed by atoms with Crippen LogP contribution in [0, 0.1) is 4.91 Å².